The summed E-state index contributed by atoms with van der Waals surface area (Å²) in [6, 6.07) is 10.3. The average molecular weight is 408 g/mol. The standard InChI is InChI=1S/C25H33N3O2/c1-2-26-17-22-16-25(22,19-26)21-8-10-23(11-9-21)27-12-14-28(15-13-27)24(29)30-18-20-6-4-3-5-7-20/h3-10,22-23H,2,11-19H2,1H3. The number of carbonyl (C=O) groups is 1. The maximum Gasteiger partial charge on any atom is 0.410 e. The molecule has 1 aromatic carbocycles. The number of nitrogens with zero attached hydrogens (tertiary/aromatic N) is 3. The van der Waals surface area contributed by atoms with Gasteiger partial charge < -0.3 is 14.5 Å². The number of ether oxygens (including phenoxy) is 1. The summed E-state index contributed by atoms with van der Waals surface area (Å²) >= 11 is 0. The maximum absolute atomic E-state index is 12.4. The van der Waals surface area contributed by atoms with Crippen LogP contribution in [0.4, 0.5) is 4.79 Å². The molecule has 0 bridgehead atoms. The summed E-state index contributed by atoms with van der Waals surface area (Å²) in [5.74, 6) is 0.885. The lowest BCUT2D eigenvalue weighted by Gasteiger charge is -2.38. The fourth-order valence-electron chi connectivity index (χ4n) is 5.57. The topological polar surface area (TPSA) is 36.0 Å². The van der Waals surface area contributed by atoms with E-state index >= 15 is 0 Å². The molecule has 1 aromatic rings. The van der Waals surface area contributed by atoms with Gasteiger partial charge in [0.1, 0.15) is 6.61 Å². The summed E-state index contributed by atoms with van der Waals surface area (Å²) in [6.45, 7) is 9.64. The van der Waals surface area contributed by atoms with Crippen LogP contribution in [-0.4, -0.2) is 72.6 Å². The highest BCUT2D eigenvalue weighted by molar-refractivity contribution is 5.67. The second-order valence-corrected chi connectivity index (χ2v) is 9.27. The van der Waals surface area contributed by atoms with Crippen molar-refractivity contribution in [2.75, 3.05) is 45.8 Å². The smallest absolute Gasteiger partial charge is 0.410 e. The van der Waals surface area contributed by atoms with Gasteiger partial charge in [-0.1, -0.05) is 55.5 Å². The number of benzene rings is 1. The van der Waals surface area contributed by atoms with E-state index in [2.05, 4.69) is 35.0 Å². The van der Waals surface area contributed by atoms with Gasteiger partial charge in [-0.3, -0.25) is 4.90 Å². The van der Waals surface area contributed by atoms with Gasteiger partial charge >= 0.3 is 6.09 Å². The first-order valence-electron chi connectivity index (χ1n) is 11.5. The van der Waals surface area contributed by atoms with E-state index in [-0.39, 0.29) is 6.09 Å². The molecule has 5 heteroatoms. The molecule has 1 amide bonds. The minimum atomic E-state index is -0.194. The van der Waals surface area contributed by atoms with E-state index < -0.39 is 0 Å². The zero-order chi connectivity index (χ0) is 20.6. The molecule has 2 aliphatic heterocycles. The van der Waals surface area contributed by atoms with Crippen molar-refractivity contribution in [2.45, 2.75) is 32.4 Å². The largest absolute Gasteiger partial charge is 0.445 e. The third kappa shape index (κ3) is 3.81. The van der Waals surface area contributed by atoms with E-state index in [1.54, 1.807) is 5.57 Å². The maximum atomic E-state index is 12.4. The van der Waals surface area contributed by atoms with Crippen molar-refractivity contribution >= 4 is 6.09 Å². The number of fused-ring (bicyclic) bond motifs is 1. The highest BCUT2D eigenvalue weighted by Crippen LogP contribution is 2.62. The van der Waals surface area contributed by atoms with Crippen molar-refractivity contribution in [2.24, 2.45) is 11.3 Å². The Bertz CT molecular complexity index is 828. The molecule has 5 rings (SSSR count). The van der Waals surface area contributed by atoms with Crippen LogP contribution in [0, 0.1) is 11.3 Å². The second-order valence-electron chi connectivity index (χ2n) is 9.27. The number of piperidine rings is 1. The Hall–Kier alpha value is -2.11. The third-order valence-corrected chi connectivity index (χ3v) is 7.56. The second kappa shape index (κ2) is 8.20. The molecule has 0 radical (unpaired) electrons. The van der Waals surface area contributed by atoms with Crippen molar-refractivity contribution < 1.29 is 9.53 Å². The first-order chi connectivity index (χ1) is 14.7. The van der Waals surface area contributed by atoms with E-state index in [9.17, 15) is 4.79 Å². The molecular formula is C25H33N3O2. The van der Waals surface area contributed by atoms with Crippen molar-refractivity contribution in [3.05, 3.63) is 59.7 Å². The molecule has 160 valence electrons. The lowest BCUT2D eigenvalue weighted by molar-refractivity contribution is 0.0654. The quantitative estimate of drug-likeness (QED) is 0.748. The average Bonchev–Trinajstić information content (AvgIpc) is 3.39. The van der Waals surface area contributed by atoms with Crippen LogP contribution >= 0.6 is 0 Å². The van der Waals surface area contributed by atoms with Gasteiger partial charge in [-0.05, 0) is 36.4 Å². The van der Waals surface area contributed by atoms with Gasteiger partial charge in [0, 0.05) is 50.7 Å². The minimum absolute atomic E-state index is 0.194. The summed E-state index contributed by atoms with van der Waals surface area (Å²) in [5.41, 5.74) is 3.09. The van der Waals surface area contributed by atoms with E-state index in [0.29, 0.717) is 18.1 Å². The first kappa shape index (κ1) is 19.8. The van der Waals surface area contributed by atoms with Crippen LogP contribution in [-0.2, 0) is 11.3 Å². The Morgan fingerprint density at radius 2 is 1.97 bits per heavy atom. The van der Waals surface area contributed by atoms with Crippen molar-refractivity contribution in [3.8, 4) is 0 Å². The van der Waals surface area contributed by atoms with E-state index in [4.69, 9.17) is 4.74 Å². The van der Waals surface area contributed by atoms with E-state index in [1.807, 2.05) is 35.2 Å². The highest BCUT2D eigenvalue weighted by Gasteiger charge is 2.60. The highest BCUT2D eigenvalue weighted by atomic mass is 16.6. The minimum Gasteiger partial charge on any atom is -0.445 e. The van der Waals surface area contributed by atoms with Crippen LogP contribution in [0.1, 0.15) is 25.3 Å². The molecule has 1 saturated carbocycles. The lowest BCUT2D eigenvalue weighted by atomic mass is 9.88. The van der Waals surface area contributed by atoms with Crippen LogP contribution in [0.3, 0.4) is 0 Å². The molecule has 2 heterocycles. The summed E-state index contributed by atoms with van der Waals surface area (Å²) in [7, 11) is 0. The van der Waals surface area contributed by atoms with Crippen molar-refractivity contribution in [1.82, 2.24) is 14.7 Å². The normalized spacial score (nSPS) is 31.4. The zero-order valence-corrected chi connectivity index (χ0v) is 18.0. The number of hydrogen-bond donors (Lipinski definition) is 0. The molecule has 4 aliphatic rings. The first-order valence-corrected chi connectivity index (χ1v) is 11.5. The monoisotopic (exact) mass is 407 g/mol. The molecule has 3 atom stereocenters. The van der Waals surface area contributed by atoms with E-state index in [0.717, 1.165) is 44.1 Å². The molecule has 30 heavy (non-hydrogen) atoms. The summed E-state index contributed by atoms with van der Waals surface area (Å²) in [4.78, 5) is 19.4. The zero-order valence-electron chi connectivity index (χ0n) is 18.0. The predicted molar refractivity (Wildman–Crippen MR) is 118 cm³/mol. The molecule has 0 N–H and O–H groups in total. The molecule has 0 aromatic heterocycles. The number of allylic oxidation sites excluding steroid dienone is 1. The van der Waals surface area contributed by atoms with Gasteiger partial charge in [-0.25, -0.2) is 4.79 Å². The van der Waals surface area contributed by atoms with Gasteiger partial charge in [0.2, 0.25) is 0 Å². The van der Waals surface area contributed by atoms with Crippen LogP contribution in [0.15, 0.2) is 54.1 Å². The van der Waals surface area contributed by atoms with Gasteiger partial charge in [-0.15, -0.1) is 0 Å². The van der Waals surface area contributed by atoms with Crippen LogP contribution in [0.25, 0.3) is 0 Å². The van der Waals surface area contributed by atoms with Gasteiger partial charge in [0.25, 0.3) is 0 Å². The van der Waals surface area contributed by atoms with Gasteiger partial charge in [0.05, 0.1) is 0 Å². The summed E-state index contributed by atoms with van der Waals surface area (Å²) in [5, 5.41) is 0. The number of hydrogen-bond acceptors (Lipinski definition) is 4. The number of amides is 1. The molecule has 3 fully saturated rings. The molecule has 3 unspecified atom stereocenters. The van der Waals surface area contributed by atoms with Gasteiger partial charge in [0.15, 0.2) is 0 Å². The molecular weight excluding hydrogens is 374 g/mol. The molecule has 2 saturated heterocycles. The summed E-state index contributed by atoms with van der Waals surface area (Å²) in [6.07, 6.45) is 9.62. The summed E-state index contributed by atoms with van der Waals surface area (Å²) < 4.78 is 5.49. The SMILES string of the molecule is CCN1CC2CC2(C2=CCC(N3CCN(C(=O)OCc4ccccc4)CC3)C=C2)C1. The fraction of sp³-hybridized carbons (Fsp3) is 0.560. The number of likely N-dealkylation sites (tertiary alicyclic amines) is 1. The number of piperazine rings is 1. The number of rotatable bonds is 5. The molecule has 5 nitrogen and oxygen atoms in total. The van der Waals surface area contributed by atoms with Crippen molar-refractivity contribution in [3.63, 3.8) is 0 Å². The Labute approximate surface area is 180 Å². The van der Waals surface area contributed by atoms with E-state index in [1.165, 1.54) is 26.1 Å². The Balaban J connectivity index is 1.08. The van der Waals surface area contributed by atoms with Gasteiger partial charge in [-0.2, -0.15) is 0 Å². The van der Waals surface area contributed by atoms with Crippen molar-refractivity contribution in [1.29, 1.82) is 0 Å². The van der Waals surface area contributed by atoms with Crippen LogP contribution in [0.2, 0.25) is 0 Å². The lowest BCUT2D eigenvalue weighted by Crippen LogP contribution is -2.51. The number of carbonyl (C=O) groups excluding carboxylic acids is 1. The molecule has 0 spiro atoms. The van der Waals surface area contributed by atoms with Crippen LogP contribution in [0.5, 0.6) is 0 Å². The fourth-order valence-corrected chi connectivity index (χ4v) is 5.57. The third-order valence-electron chi connectivity index (χ3n) is 7.56. The Morgan fingerprint density at radius 1 is 1.17 bits per heavy atom. The Kier molecular flexibility index (Phi) is 5.42. The Morgan fingerprint density at radius 3 is 2.63 bits per heavy atom. The molecule has 2 aliphatic carbocycles. The van der Waals surface area contributed by atoms with Crippen LogP contribution < -0.4 is 0 Å². The predicted octanol–water partition coefficient (Wildman–Crippen LogP) is 3.54.